The Hall–Kier alpha value is -1.82. The molecule has 3 N–H and O–H groups in total. The number of aryl methyl sites for hydroxylation is 1. The number of oxime groups is 1. The van der Waals surface area contributed by atoms with E-state index in [4.69, 9.17) is 10.9 Å². The lowest BCUT2D eigenvalue weighted by Crippen LogP contribution is -2.32. The topological polar surface area (TPSA) is 78.0 Å². The minimum Gasteiger partial charge on any atom is -0.409 e. The van der Waals surface area contributed by atoms with Gasteiger partial charge in [-0.25, -0.2) is 4.98 Å². The van der Waals surface area contributed by atoms with Crippen molar-refractivity contribution in [1.82, 2.24) is 9.88 Å². The summed E-state index contributed by atoms with van der Waals surface area (Å²) in [6, 6.07) is 4.24. The molecular weight excluding hydrogens is 242 g/mol. The van der Waals surface area contributed by atoms with E-state index >= 15 is 0 Å². The molecule has 1 atom stereocenters. The Morgan fingerprint density at radius 1 is 1.53 bits per heavy atom. The van der Waals surface area contributed by atoms with E-state index in [-0.39, 0.29) is 5.84 Å². The van der Waals surface area contributed by atoms with Crippen LogP contribution >= 0.6 is 0 Å². The van der Waals surface area contributed by atoms with Gasteiger partial charge in [0.05, 0.1) is 5.56 Å². The van der Waals surface area contributed by atoms with Crippen molar-refractivity contribution < 1.29 is 5.21 Å². The highest BCUT2D eigenvalue weighted by Crippen LogP contribution is 2.24. The zero-order valence-corrected chi connectivity index (χ0v) is 11.7. The third-order valence-electron chi connectivity index (χ3n) is 3.59. The number of amidine groups is 1. The number of nitrogens with two attached hydrogens (primary N) is 1. The first-order chi connectivity index (χ1) is 9.02. The van der Waals surface area contributed by atoms with Gasteiger partial charge in [0.25, 0.3) is 0 Å². The number of hydrogen-bond acceptors (Lipinski definition) is 5. The Morgan fingerprint density at radius 3 is 2.84 bits per heavy atom. The predicted molar refractivity (Wildman–Crippen MR) is 75.8 cm³/mol. The van der Waals surface area contributed by atoms with Gasteiger partial charge in [-0.15, -0.1) is 0 Å². The van der Waals surface area contributed by atoms with Crippen molar-refractivity contribution in [1.29, 1.82) is 0 Å². The average Bonchev–Trinajstić information content (AvgIpc) is 2.87. The van der Waals surface area contributed by atoms with E-state index in [2.05, 4.69) is 34.0 Å². The van der Waals surface area contributed by atoms with Crippen LogP contribution in [0.1, 0.15) is 17.7 Å². The molecule has 0 spiro atoms. The first-order valence-electron chi connectivity index (χ1n) is 6.40. The molecule has 6 heteroatoms. The number of hydrogen-bond donors (Lipinski definition) is 2. The van der Waals surface area contributed by atoms with Gasteiger partial charge in [-0.1, -0.05) is 5.16 Å². The second-order valence-corrected chi connectivity index (χ2v) is 5.16. The van der Waals surface area contributed by atoms with E-state index in [9.17, 15) is 0 Å². The van der Waals surface area contributed by atoms with Crippen molar-refractivity contribution >= 4 is 11.7 Å². The third kappa shape index (κ3) is 2.78. The lowest BCUT2D eigenvalue weighted by molar-refractivity contribution is 0.315. The van der Waals surface area contributed by atoms with Gasteiger partial charge >= 0.3 is 0 Å². The molecule has 1 fully saturated rings. The van der Waals surface area contributed by atoms with E-state index in [0.29, 0.717) is 11.6 Å². The fourth-order valence-corrected chi connectivity index (χ4v) is 2.39. The van der Waals surface area contributed by atoms with Crippen molar-refractivity contribution in [3.63, 3.8) is 0 Å². The zero-order chi connectivity index (χ0) is 14.0. The number of rotatable bonds is 3. The highest BCUT2D eigenvalue weighted by atomic mass is 16.4. The quantitative estimate of drug-likeness (QED) is 0.362. The average molecular weight is 263 g/mol. The molecule has 19 heavy (non-hydrogen) atoms. The van der Waals surface area contributed by atoms with Crippen molar-refractivity contribution in [2.75, 3.05) is 32.1 Å². The molecule has 1 saturated heterocycles. The highest BCUT2D eigenvalue weighted by Gasteiger charge is 2.27. The molecule has 0 radical (unpaired) electrons. The summed E-state index contributed by atoms with van der Waals surface area (Å²) in [5.74, 6) is 0.912. The number of anilines is 1. The monoisotopic (exact) mass is 263 g/mol. The molecule has 104 valence electrons. The van der Waals surface area contributed by atoms with Crippen LogP contribution in [0.3, 0.4) is 0 Å². The fourth-order valence-electron chi connectivity index (χ4n) is 2.39. The van der Waals surface area contributed by atoms with Crippen LogP contribution < -0.4 is 10.6 Å². The Balaban J connectivity index is 2.31. The summed E-state index contributed by atoms with van der Waals surface area (Å²) in [6.45, 7) is 3.79. The lowest BCUT2D eigenvalue weighted by Gasteiger charge is -2.23. The van der Waals surface area contributed by atoms with Crippen molar-refractivity contribution in [3.8, 4) is 0 Å². The van der Waals surface area contributed by atoms with Crippen LogP contribution in [0.4, 0.5) is 5.82 Å². The van der Waals surface area contributed by atoms with Crippen LogP contribution in [0.25, 0.3) is 0 Å². The van der Waals surface area contributed by atoms with Gasteiger partial charge in [-0.05, 0) is 39.6 Å². The predicted octanol–water partition coefficient (Wildman–Crippen LogP) is 0.625. The standard InChI is InChI=1S/C13H21N5O/c1-9-4-5-11(12(14)16-19)13(15-9)18-7-6-10(8-18)17(2)3/h4-5,10,19H,6-8H2,1-3H3,(H2,14,16). The van der Waals surface area contributed by atoms with Crippen molar-refractivity contribution in [2.45, 2.75) is 19.4 Å². The molecule has 1 unspecified atom stereocenters. The fraction of sp³-hybridized carbons (Fsp3) is 0.538. The van der Waals surface area contributed by atoms with Gasteiger partial charge in [0, 0.05) is 24.8 Å². The summed E-state index contributed by atoms with van der Waals surface area (Å²) in [6.07, 6.45) is 1.10. The van der Waals surface area contributed by atoms with Gasteiger partial charge in [-0.2, -0.15) is 0 Å². The van der Waals surface area contributed by atoms with Crippen LogP contribution in [0.2, 0.25) is 0 Å². The summed E-state index contributed by atoms with van der Waals surface area (Å²) in [5, 5.41) is 12.0. The maximum Gasteiger partial charge on any atom is 0.173 e. The van der Waals surface area contributed by atoms with E-state index in [1.807, 2.05) is 19.1 Å². The molecular formula is C13H21N5O. The molecule has 2 heterocycles. The Bertz CT molecular complexity index is 486. The Kier molecular flexibility index (Phi) is 3.90. The molecule has 1 aromatic rings. The molecule has 0 saturated carbocycles. The number of aromatic nitrogens is 1. The van der Waals surface area contributed by atoms with E-state index in [1.165, 1.54) is 0 Å². The second kappa shape index (κ2) is 5.44. The molecule has 1 aliphatic rings. The largest absolute Gasteiger partial charge is 0.409 e. The molecule has 6 nitrogen and oxygen atoms in total. The normalized spacial score (nSPS) is 20.3. The molecule has 2 rings (SSSR count). The van der Waals surface area contributed by atoms with Crippen LogP contribution in [0.15, 0.2) is 17.3 Å². The summed E-state index contributed by atoms with van der Waals surface area (Å²) in [4.78, 5) is 8.97. The van der Waals surface area contributed by atoms with Crippen LogP contribution in [-0.2, 0) is 0 Å². The van der Waals surface area contributed by atoms with E-state index in [0.717, 1.165) is 31.0 Å². The first-order valence-corrected chi connectivity index (χ1v) is 6.40. The van der Waals surface area contributed by atoms with Crippen LogP contribution in [0, 0.1) is 6.92 Å². The van der Waals surface area contributed by atoms with Gasteiger partial charge in [-0.3, -0.25) is 0 Å². The summed E-state index contributed by atoms with van der Waals surface area (Å²) < 4.78 is 0. The molecule has 0 aromatic carbocycles. The number of nitrogens with zero attached hydrogens (tertiary/aromatic N) is 4. The summed E-state index contributed by atoms with van der Waals surface area (Å²) in [7, 11) is 4.17. The molecule has 1 aliphatic heterocycles. The minimum atomic E-state index is 0.107. The van der Waals surface area contributed by atoms with Crippen LogP contribution in [-0.4, -0.2) is 54.2 Å². The second-order valence-electron chi connectivity index (χ2n) is 5.16. The Morgan fingerprint density at radius 2 is 2.26 bits per heavy atom. The highest BCUT2D eigenvalue weighted by molar-refractivity contribution is 6.01. The Labute approximate surface area is 113 Å². The van der Waals surface area contributed by atoms with Gasteiger partial charge in [0.2, 0.25) is 0 Å². The molecule has 0 amide bonds. The minimum absolute atomic E-state index is 0.107. The number of likely N-dealkylation sites (N-methyl/N-ethyl adjacent to an activating group) is 1. The van der Waals surface area contributed by atoms with Gasteiger partial charge < -0.3 is 20.7 Å². The maximum atomic E-state index is 8.87. The number of pyridine rings is 1. The van der Waals surface area contributed by atoms with Gasteiger partial charge in [0.15, 0.2) is 5.84 Å². The third-order valence-corrected chi connectivity index (χ3v) is 3.59. The maximum absolute atomic E-state index is 8.87. The summed E-state index contributed by atoms with van der Waals surface area (Å²) >= 11 is 0. The smallest absolute Gasteiger partial charge is 0.173 e. The SMILES string of the molecule is Cc1ccc(C(N)=NO)c(N2CCC(N(C)C)C2)n1. The summed E-state index contributed by atoms with van der Waals surface area (Å²) in [5.41, 5.74) is 7.35. The van der Waals surface area contributed by atoms with E-state index in [1.54, 1.807) is 0 Å². The molecule has 0 aliphatic carbocycles. The molecule has 0 bridgehead atoms. The lowest BCUT2D eigenvalue weighted by atomic mass is 10.2. The molecule has 1 aromatic heterocycles. The zero-order valence-electron chi connectivity index (χ0n) is 11.7. The van der Waals surface area contributed by atoms with Crippen molar-refractivity contribution in [3.05, 3.63) is 23.4 Å². The van der Waals surface area contributed by atoms with Gasteiger partial charge in [0.1, 0.15) is 5.82 Å². The van der Waals surface area contributed by atoms with E-state index < -0.39 is 0 Å². The van der Waals surface area contributed by atoms with Crippen LogP contribution in [0.5, 0.6) is 0 Å². The first kappa shape index (κ1) is 13.6. The van der Waals surface area contributed by atoms with Crippen molar-refractivity contribution in [2.24, 2.45) is 10.9 Å².